The van der Waals surface area contributed by atoms with Crippen LogP contribution < -0.4 is 4.74 Å². The maximum atomic E-state index is 12.3. The monoisotopic (exact) mass is 395 g/mol. The summed E-state index contributed by atoms with van der Waals surface area (Å²) in [7, 11) is 3.54. The number of carbonyl (C=O) groups excluding carboxylic acids is 1. The van der Waals surface area contributed by atoms with Crippen LogP contribution in [0, 0.1) is 12.8 Å². The second kappa shape index (κ2) is 8.25. The smallest absolute Gasteiger partial charge is 0.319 e. The summed E-state index contributed by atoms with van der Waals surface area (Å²) in [6.45, 7) is 6.18. The zero-order valence-electron chi connectivity index (χ0n) is 16.4. The Labute approximate surface area is 166 Å². The molecule has 2 aliphatic rings. The van der Waals surface area contributed by atoms with Gasteiger partial charge < -0.3 is 19.6 Å². The highest BCUT2D eigenvalue weighted by Crippen LogP contribution is 2.35. The van der Waals surface area contributed by atoms with Crippen LogP contribution in [0.15, 0.2) is 18.2 Å². The Morgan fingerprint density at radius 2 is 2.07 bits per heavy atom. The minimum Gasteiger partial charge on any atom is -0.491 e. The molecule has 0 unspecified atom stereocenters. The number of benzene rings is 1. The quantitative estimate of drug-likeness (QED) is 0.850. The zero-order chi connectivity index (χ0) is 19.6. The first-order valence-electron chi connectivity index (χ1n) is 9.58. The lowest BCUT2D eigenvalue weighted by Crippen LogP contribution is -2.61. The number of ether oxygens (including phenoxy) is 1. The maximum Gasteiger partial charge on any atom is 0.319 e. The molecule has 0 radical (unpaired) electrons. The zero-order valence-corrected chi connectivity index (χ0v) is 17.2. The molecule has 2 saturated heterocycles. The number of rotatable bonds is 4. The van der Waals surface area contributed by atoms with Gasteiger partial charge in [-0.1, -0.05) is 17.7 Å². The molecule has 6 nitrogen and oxygen atoms in total. The van der Waals surface area contributed by atoms with Crippen LogP contribution in [0.1, 0.15) is 18.4 Å². The average Bonchev–Trinajstić information content (AvgIpc) is 2.62. The van der Waals surface area contributed by atoms with Crippen molar-refractivity contribution >= 4 is 17.6 Å². The van der Waals surface area contributed by atoms with Gasteiger partial charge in [-0.3, -0.25) is 4.90 Å². The van der Waals surface area contributed by atoms with E-state index in [2.05, 4.69) is 4.90 Å². The maximum absolute atomic E-state index is 12.3. The average molecular weight is 396 g/mol. The fourth-order valence-electron chi connectivity index (χ4n) is 4.04. The minimum absolute atomic E-state index is 0.0199. The van der Waals surface area contributed by atoms with Gasteiger partial charge in [0.1, 0.15) is 12.4 Å². The fraction of sp³-hybridized carbons (Fsp3) is 0.650. The number of hydrogen-bond acceptors (Lipinski definition) is 4. The number of aliphatic hydroxyl groups is 1. The molecule has 2 atom stereocenters. The van der Waals surface area contributed by atoms with E-state index in [1.165, 1.54) is 0 Å². The van der Waals surface area contributed by atoms with E-state index in [0.717, 1.165) is 31.6 Å². The molecule has 1 N–H and O–H groups in total. The van der Waals surface area contributed by atoms with Crippen molar-refractivity contribution in [1.82, 2.24) is 14.7 Å². The van der Waals surface area contributed by atoms with Crippen LogP contribution in [0.5, 0.6) is 5.75 Å². The molecule has 0 saturated carbocycles. The van der Waals surface area contributed by atoms with E-state index in [4.69, 9.17) is 16.3 Å². The molecule has 0 aliphatic carbocycles. The Hall–Kier alpha value is -1.50. The molecule has 2 fully saturated rings. The number of hydrogen-bond donors (Lipinski definition) is 1. The van der Waals surface area contributed by atoms with Crippen molar-refractivity contribution in [3.05, 3.63) is 28.8 Å². The minimum atomic E-state index is -0.652. The molecule has 27 heavy (non-hydrogen) atoms. The number of aryl methyl sites for hydroxylation is 1. The van der Waals surface area contributed by atoms with Crippen molar-refractivity contribution in [1.29, 1.82) is 0 Å². The Balaban J connectivity index is 1.53. The second-order valence-corrected chi connectivity index (χ2v) is 8.41. The van der Waals surface area contributed by atoms with Crippen molar-refractivity contribution in [2.45, 2.75) is 25.4 Å². The van der Waals surface area contributed by atoms with Crippen LogP contribution in [0.4, 0.5) is 4.79 Å². The van der Waals surface area contributed by atoms with Crippen molar-refractivity contribution in [2.24, 2.45) is 5.92 Å². The van der Waals surface area contributed by atoms with E-state index < -0.39 is 5.60 Å². The molecule has 2 aliphatic heterocycles. The number of halogens is 1. The summed E-state index contributed by atoms with van der Waals surface area (Å²) in [5.41, 5.74) is 0.456. The van der Waals surface area contributed by atoms with Gasteiger partial charge in [0.25, 0.3) is 0 Å². The van der Waals surface area contributed by atoms with Crippen LogP contribution in [0.3, 0.4) is 0 Å². The van der Waals surface area contributed by atoms with Gasteiger partial charge in [-0.2, -0.15) is 0 Å². The highest BCUT2D eigenvalue weighted by molar-refractivity contribution is 6.32. The van der Waals surface area contributed by atoms with Crippen molar-refractivity contribution in [3.8, 4) is 5.75 Å². The predicted octanol–water partition coefficient (Wildman–Crippen LogP) is 2.47. The molecule has 0 aromatic heterocycles. The standard InChI is InChI=1S/C20H30ClN3O3/c1-15-4-5-18(17(21)12-15)27-11-10-23-8-6-20(26)7-9-24(14-16(20)13-23)19(25)22(2)3/h4-5,12,16,26H,6-11,13-14H2,1-3H3/t16-,20-/m0/s1. The highest BCUT2D eigenvalue weighted by atomic mass is 35.5. The van der Waals surface area contributed by atoms with Gasteiger partial charge in [0.15, 0.2) is 0 Å². The van der Waals surface area contributed by atoms with Crippen LogP contribution in [-0.2, 0) is 0 Å². The lowest BCUT2D eigenvalue weighted by Gasteiger charge is -2.50. The van der Waals surface area contributed by atoms with Crippen molar-refractivity contribution in [2.75, 3.05) is 53.4 Å². The summed E-state index contributed by atoms with van der Waals surface area (Å²) in [6.07, 6.45) is 1.40. The summed E-state index contributed by atoms with van der Waals surface area (Å²) in [4.78, 5) is 18.0. The fourth-order valence-corrected chi connectivity index (χ4v) is 4.33. The van der Waals surface area contributed by atoms with Gasteiger partial charge in [-0.15, -0.1) is 0 Å². The van der Waals surface area contributed by atoms with Gasteiger partial charge >= 0.3 is 6.03 Å². The lowest BCUT2D eigenvalue weighted by molar-refractivity contribution is -0.108. The summed E-state index contributed by atoms with van der Waals surface area (Å²) in [6, 6.07) is 5.81. The number of piperidine rings is 2. The number of carbonyl (C=O) groups is 1. The van der Waals surface area contributed by atoms with Gasteiger partial charge in [0.2, 0.25) is 0 Å². The number of amides is 2. The highest BCUT2D eigenvalue weighted by Gasteiger charge is 2.45. The largest absolute Gasteiger partial charge is 0.491 e. The van der Waals surface area contributed by atoms with Gasteiger partial charge in [-0.25, -0.2) is 4.79 Å². The molecule has 0 bridgehead atoms. The van der Waals surface area contributed by atoms with E-state index in [9.17, 15) is 9.90 Å². The predicted molar refractivity (Wildman–Crippen MR) is 106 cm³/mol. The van der Waals surface area contributed by atoms with Gasteiger partial charge in [-0.05, 0) is 37.5 Å². The number of nitrogens with zero attached hydrogens (tertiary/aromatic N) is 3. The number of likely N-dealkylation sites (tertiary alicyclic amines) is 2. The van der Waals surface area contributed by atoms with E-state index in [-0.39, 0.29) is 11.9 Å². The topological polar surface area (TPSA) is 56.3 Å². The molecule has 1 aromatic rings. The molecular formula is C20H30ClN3O3. The normalized spacial score (nSPS) is 25.8. The summed E-state index contributed by atoms with van der Waals surface area (Å²) in [5, 5.41) is 11.6. The van der Waals surface area contributed by atoms with Crippen LogP contribution in [0.25, 0.3) is 0 Å². The molecule has 2 heterocycles. The number of fused-ring (bicyclic) bond motifs is 1. The second-order valence-electron chi connectivity index (χ2n) is 8.01. The van der Waals surface area contributed by atoms with Crippen molar-refractivity contribution < 1.29 is 14.6 Å². The molecule has 7 heteroatoms. The Kier molecular flexibility index (Phi) is 6.18. The molecule has 0 spiro atoms. The van der Waals surface area contributed by atoms with Crippen LogP contribution in [-0.4, -0.2) is 84.9 Å². The first-order chi connectivity index (χ1) is 12.8. The van der Waals surface area contributed by atoms with E-state index in [1.54, 1.807) is 19.0 Å². The third-order valence-electron chi connectivity index (χ3n) is 5.76. The first-order valence-corrected chi connectivity index (χ1v) is 9.96. The third-order valence-corrected chi connectivity index (χ3v) is 6.06. The van der Waals surface area contributed by atoms with Crippen LogP contribution >= 0.6 is 11.6 Å². The van der Waals surface area contributed by atoms with Gasteiger partial charge in [0, 0.05) is 52.7 Å². The first kappa shape index (κ1) is 20.2. The van der Waals surface area contributed by atoms with Crippen molar-refractivity contribution in [3.63, 3.8) is 0 Å². The third kappa shape index (κ3) is 4.68. The molecule has 3 rings (SSSR count). The Morgan fingerprint density at radius 3 is 2.78 bits per heavy atom. The van der Waals surface area contributed by atoms with Gasteiger partial charge in [0.05, 0.1) is 10.6 Å². The molecule has 150 valence electrons. The Bertz CT molecular complexity index is 684. The lowest BCUT2D eigenvalue weighted by atomic mass is 9.76. The summed E-state index contributed by atoms with van der Waals surface area (Å²) in [5.74, 6) is 0.781. The molecule has 1 aromatic carbocycles. The van der Waals surface area contributed by atoms with E-state index in [0.29, 0.717) is 36.9 Å². The molecule has 2 amide bonds. The summed E-state index contributed by atoms with van der Waals surface area (Å²) < 4.78 is 5.84. The van der Waals surface area contributed by atoms with E-state index >= 15 is 0 Å². The SMILES string of the molecule is Cc1ccc(OCCN2CC[C@]3(O)CCN(C(=O)N(C)C)C[C@@H]3C2)c(Cl)c1. The summed E-state index contributed by atoms with van der Waals surface area (Å²) >= 11 is 6.22. The number of urea groups is 1. The molecular weight excluding hydrogens is 366 g/mol. The Morgan fingerprint density at radius 1 is 1.33 bits per heavy atom. The van der Waals surface area contributed by atoms with Crippen LogP contribution in [0.2, 0.25) is 5.02 Å². The van der Waals surface area contributed by atoms with E-state index in [1.807, 2.05) is 30.0 Å².